The lowest BCUT2D eigenvalue weighted by molar-refractivity contribution is 0.0711. The minimum Gasteiger partial charge on any atom is -0.465 e. The fourth-order valence-corrected chi connectivity index (χ4v) is 4.19. The molecule has 0 bridgehead atoms. The van der Waals surface area contributed by atoms with Gasteiger partial charge in [0.05, 0.1) is 0 Å². The molecule has 1 aliphatic heterocycles. The number of rotatable bonds is 6. The smallest absolute Gasteiger partial charge is 0.407 e. The molecule has 1 atom stereocenters. The largest absolute Gasteiger partial charge is 0.465 e. The third kappa shape index (κ3) is 5.96. The Bertz CT molecular complexity index is 1180. The molecule has 35 heavy (non-hydrogen) atoms. The van der Waals surface area contributed by atoms with E-state index in [1.165, 1.54) is 29.2 Å². The van der Waals surface area contributed by atoms with Crippen LogP contribution in [0, 0.1) is 5.82 Å². The van der Waals surface area contributed by atoms with Gasteiger partial charge in [-0.1, -0.05) is 18.2 Å². The van der Waals surface area contributed by atoms with E-state index in [0.717, 1.165) is 17.8 Å². The van der Waals surface area contributed by atoms with Crippen molar-refractivity contribution in [2.75, 3.05) is 31.6 Å². The van der Waals surface area contributed by atoms with Crippen molar-refractivity contribution in [2.45, 2.75) is 19.5 Å². The highest BCUT2D eigenvalue weighted by molar-refractivity contribution is 6.05. The number of nitrogens with zero attached hydrogens (tertiary/aromatic N) is 3. The Hall–Kier alpha value is -3.91. The van der Waals surface area contributed by atoms with Gasteiger partial charge in [0.25, 0.3) is 5.91 Å². The molecule has 1 saturated heterocycles. The minimum atomic E-state index is -0.873. The summed E-state index contributed by atoms with van der Waals surface area (Å²) < 4.78 is 18.9. The van der Waals surface area contributed by atoms with Gasteiger partial charge in [-0.05, 0) is 67.1 Å². The van der Waals surface area contributed by atoms with Crippen LogP contribution >= 0.6 is 0 Å². The summed E-state index contributed by atoms with van der Waals surface area (Å²) >= 11 is 0. The molecule has 3 aromatic rings. The van der Waals surface area contributed by atoms with Crippen molar-refractivity contribution in [2.24, 2.45) is 0 Å². The van der Waals surface area contributed by atoms with Gasteiger partial charge in [-0.25, -0.2) is 9.18 Å². The molecular weight excluding hydrogens is 449 g/mol. The van der Waals surface area contributed by atoms with Gasteiger partial charge in [-0.3, -0.25) is 9.69 Å². The highest BCUT2D eigenvalue weighted by Crippen LogP contribution is 2.24. The number of halogens is 1. The first-order chi connectivity index (χ1) is 16.8. The maximum Gasteiger partial charge on any atom is 0.407 e. The average molecular weight is 478 g/mol. The lowest BCUT2D eigenvalue weighted by atomic mass is 10.1. The van der Waals surface area contributed by atoms with Gasteiger partial charge >= 0.3 is 6.09 Å². The quantitative estimate of drug-likeness (QED) is 0.536. The Morgan fingerprint density at radius 3 is 2.40 bits per heavy atom. The van der Waals surface area contributed by atoms with Crippen LogP contribution in [0.5, 0.6) is 11.5 Å². The molecular formula is C27H28FN3O4. The molecule has 1 fully saturated rings. The molecule has 182 valence electrons. The number of amides is 2. The summed E-state index contributed by atoms with van der Waals surface area (Å²) in [5, 5.41) is 9.24. The molecule has 0 unspecified atom stereocenters. The summed E-state index contributed by atoms with van der Waals surface area (Å²) in [6.45, 7) is 4.51. The molecule has 1 N–H and O–H groups in total. The van der Waals surface area contributed by atoms with Crippen LogP contribution in [0.4, 0.5) is 14.9 Å². The average Bonchev–Trinajstić information content (AvgIpc) is 2.85. The van der Waals surface area contributed by atoms with Crippen LogP contribution in [0.2, 0.25) is 0 Å². The number of hydrogen-bond donors (Lipinski definition) is 1. The molecule has 0 aromatic heterocycles. The van der Waals surface area contributed by atoms with E-state index in [1.54, 1.807) is 36.2 Å². The van der Waals surface area contributed by atoms with Gasteiger partial charge in [0.15, 0.2) is 0 Å². The lowest BCUT2D eigenvalue weighted by Gasteiger charge is -2.38. The number of carbonyl (C=O) groups excluding carboxylic acids is 1. The van der Waals surface area contributed by atoms with Crippen LogP contribution < -0.4 is 9.64 Å². The fourth-order valence-electron chi connectivity index (χ4n) is 4.19. The van der Waals surface area contributed by atoms with E-state index in [9.17, 15) is 19.1 Å². The van der Waals surface area contributed by atoms with E-state index in [-0.39, 0.29) is 17.8 Å². The normalized spacial score (nSPS) is 16.1. The molecule has 0 spiro atoms. The molecule has 8 heteroatoms. The molecule has 0 radical (unpaired) electrons. The Kier molecular flexibility index (Phi) is 7.31. The summed E-state index contributed by atoms with van der Waals surface area (Å²) in [4.78, 5) is 29.6. The zero-order valence-electron chi connectivity index (χ0n) is 19.7. The molecule has 1 heterocycles. The number of benzene rings is 3. The van der Waals surface area contributed by atoms with Crippen LogP contribution in [0.25, 0.3) is 0 Å². The first-order valence-electron chi connectivity index (χ1n) is 11.4. The van der Waals surface area contributed by atoms with Crippen molar-refractivity contribution < 1.29 is 23.8 Å². The summed E-state index contributed by atoms with van der Waals surface area (Å²) in [6.07, 6.45) is -0.873. The van der Waals surface area contributed by atoms with Gasteiger partial charge in [-0.15, -0.1) is 0 Å². The second-order valence-electron chi connectivity index (χ2n) is 8.67. The number of piperazine rings is 1. The van der Waals surface area contributed by atoms with E-state index in [2.05, 4.69) is 4.90 Å². The molecule has 0 saturated carbocycles. The van der Waals surface area contributed by atoms with Crippen molar-refractivity contribution >= 4 is 17.7 Å². The van der Waals surface area contributed by atoms with E-state index in [4.69, 9.17) is 4.74 Å². The molecule has 4 rings (SSSR count). The number of hydrogen-bond acceptors (Lipinski definition) is 4. The van der Waals surface area contributed by atoms with Crippen molar-refractivity contribution in [1.29, 1.82) is 0 Å². The predicted molar refractivity (Wildman–Crippen MR) is 132 cm³/mol. The van der Waals surface area contributed by atoms with Crippen molar-refractivity contribution in [3.05, 3.63) is 89.7 Å². The summed E-state index contributed by atoms with van der Waals surface area (Å²) in [6, 6.07) is 20.3. The molecule has 3 aromatic carbocycles. The van der Waals surface area contributed by atoms with Crippen molar-refractivity contribution in [3.63, 3.8) is 0 Å². The first kappa shape index (κ1) is 24.2. The first-order valence-corrected chi connectivity index (χ1v) is 11.4. The Morgan fingerprint density at radius 1 is 1.03 bits per heavy atom. The van der Waals surface area contributed by atoms with Crippen LogP contribution in [-0.4, -0.2) is 59.6 Å². The Labute approximate surface area is 204 Å². The van der Waals surface area contributed by atoms with Gasteiger partial charge in [0.1, 0.15) is 17.3 Å². The van der Waals surface area contributed by atoms with Gasteiger partial charge in [0, 0.05) is 50.5 Å². The zero-order valence-corrected chi connectivity index (χ0v) is 19.7. The van der Waals surface area contributed by atoms with Crippen LogP contribution in [-0.2, 0) is 6.54 Å². The van der Waals surface area contributed by atoms with E-state index in [1.807, 2.05) is 31.2 Å². The highest BCUT2D eigenvalue weighted by atomic mass is 19.1. The monoisotopic (exact) mass is 477 g/mol. The maximum absolute atomic E-state index is 13.1. The fraction of sp³-hybridized carbons (Fsp3) is 0.259. The second-order valence-corrected chi connectivity index (χ2v) is 8.67. The zero-order chi connectivity index (χ0) is 24.9. The molecule has 1 aliphatic rings. The lowest BCUT2D eigenvalue weighted by Crippen LogP contribution is -2.53. The number of ether oxygens (including phenoxy) is 1. The standard InChI is InChI=1S/C27H28FN3O4/c1-19-17-30(14-15-31(19)27(33)34)18-20-6-10-23(11-7-20)29(2)26(32)21-4-3-5-25(16-21)35-24-12-8-22(28)9-13-24/h3-13,16,19H,14-15,17-18H2,1-2H3,(H,33,34)/t19-/m0/s1. The highest BCUT2D eigenvalue weighted by Gasteiger charge is 2.27. The molecule has 0 aliphatic carbocycles. The third-order valence-electron chi connectivity index (χ3n) is 6.12. The summed E-state index contributed by atoms with van der Waals surface area (Å²) in [5.74, 6) is 0.451. The molecule has 2 amide bonds. The number of carbonyl (C=O) groups is 2. The van der Waals surface area contributed by atoms with Crippen molar-refractivity contribution in [1.82, 2.24) is 9.80 Å². The van der Waals surface area contributed by atoms with Crippen molar-refractivity contribution in [3.8, 4) is 11.5 Å². The topological polar surface area (TPSA) is 73.3 Å². The SMILES string of the molecule is C[C@H]1CN(Cc2ccc(N(C)C(=O)c3cccc(Oc4ccc(F)cc4)c3)cc2)CCN1C(=O)O. The molecule has 7 nitrogen and oxygen atoms in total. The van der Waals surface area contributed by atoms with Crippen LogP contribution in [0.1, 0.15) is 22.8 Å². The summed E-state index contributed by atoms with van der Waals surface area (Å²) in [7, 11) is 1.72. The van der Waals surface area contributed by atoms with Crippen LogP contribution in [0.15, 0.2) is 72.8 Å². The summed E-state index contributed by atoms with van der Waals surface area (Å²) in [5.41, 5.74) is 2.33. The van der Waals surface area contributed by atoms with Gasteiger partial charge in [0.2, 0.25) is 0 Å². The van der Waals surface area contributed by atoms with E-state index in [0.29, 0.717) is 36.7 Å². The minimum absolute atomic E-state index is 0.0490. The Balaban J connectivity index is 1.38. The second kappa shape index (κ2) is 10.6. The van der Waals surface area contributed by atoms with Gasteiger partial charge < -0.3 is 19.6 Å². The predicted octanol–water partition coefficient (Wildman–Crippen LogP) is 5.08. The number of carboxylic acid groups (broad SMARTS) is 1. The maximum atomic E-state index is 13.1. The third-order valence-corrected chi connectivity index (χ3v) is 6.12. The van der Waals surface area contributed by atoms with Crippen LogP contribution in [0.3, 0.4) is 0 Å². The Morgan fingerprint density at radius 2 is 1.74 bits per heavy atom. The number of anilines is 1. The van der Waals surface area contributed by atoms with Gasteiger partial charge in [-0.2, -0.15) is 0 Å². The van der Waals surface area contributed by atoms with E-state index < -0.39 is 6.09 Å². The van der Waals surface area contributed by atoms with E-state index >= 15 is 0 Å².